The highest BCUT2D eigenvalue weighted by Gasteiger charge is 2.35. The van der Waals surface area contributed by atoms with Gasteiger partial charge in [0.25, 0.3) is 5.91 Å². The van der Waals surface area contributed by atoms with Crippen molar-refractivity contribution in [3.05, 3.63) is 29.8 Å². The molecule has 1 amide bonds. The zero-order valence-corrected chi connectivity index (χ0v) is 12.6. The van der Waals surface area contributed by atoms with E-state index >= 15 is 0 Å². The number of phenolic OH excluding ortho intramolecular Hbond substituents is 1. The Morgan fingerprint density at radius 3 is 2.71 bits per heavy atom. The Morgan fingerprint density at radius 2 is 2.10 bits per heavy atom. The van der Waals surface area contributed by atoms with Crippen molar-refractivity contribution in [1.29, 1.82) is 0 Å². The van der Waals surface area contributed by atoms with Gasteiger partial charge in [-0.05, 0) is 24.0 Å². The van der Waals surface area contributed by atoms with Crippen LogP contribution in [0.5, 0.6) is 5.75 Å². The summed E-state index contributed by atoms with van der Waals surface area (Å²) in [4.78, 5) is 12.0. The standard InChI is InChI=1S/C15H22N4O2/c1-15(2,3)13-8-11(17-18-13)14(21)19-16-9-10-6-4-5-7-12(10)20/h4-7,9,11,13,17-18,20H,8H2,1-3H3,(H,19,21)/b16-9+. The highest BCUT2D eigenvalue weighted by Crippen LogP contribution is 2.25. The molecule has 114 valence electrons. The number of hydrogen-bond acceptors (Lipinski definition) is 5. The van der Waals surface area contributed by atoms with Gasteiger partial charge in [0, 0.05) is 11.6 Å². The van der Waals surface area contributed by atoms with Gasteiger partial charge in [-0.2, -0.15) is 5.10 Å². The first-order valence-electron chi connectivity index (χ1n) is 7.00. The van der Waals surface area contributed by atoms with Crippen molar-refractivity contribution < 1.29 is 9.90 Å². The van der Waals surface area contributed by atoms with Crippen molar-refractivity contribution in [2.24, 2.45) is 10.5 Å². The van der Waals surface area contributed by atoms with Gasteiger partial charge in [0.05, 0.1) is 6.21 Å². The largest absolute Gasteiger partial charge is 0.507 e. The third-order valence-electron chi connectivity index (χ3n) is 3.58. The first-order valence-corrected chi connectivity index (χ1v) is 7.00. The average Bonchev–Trinajstić information content (AvgIpc) is 2.90. The van der Waals surface area contributed by atoms with Gasteiger partial charge in [0.15, 0.2) is 0 Å². The van der Waals surface area contributed by atoms with E-state index in [4.69, 9.17) is 0 Å². The van der Waals surface area contributed by atoms with Crippen molar-refractivity contribution in [2.45, 2.75) is 39.3 Å². The molecule has 0 bridgehead atoms. The molecule has 4 N–H and O–H groups in total. The molecule has 0 aromatic heterocycles. The van der Waals surface area contributed by atoms with Crippen LogP contribution in [0.15, 0.2) is 29.4 Å². The van der Waals surface area contributed by atoms with E-state index in [1.165, 1.54) is 6.21 Å². The molecule has 6 nitrogen and oxygen atoms in total. The van der Waals surface area contributed by atoms with E-state index in [1.807, 2.05) is 0 Å². The minimum atomic E-state index is -0.309. The van der Waals surface area contributed by atoms with Crippen LogP contribution in [0.1, 0.15) is 32.8 Å². The van der Waals surface area contributed by atoms with Crippen LogP contribution in [0, 0.1) is 5.41 Å². The summed E-state index contributed by atoms with van der Waals surface area (Å²) in [5.74, 6) is -0.0649. The highest BCUT2D eigenvalue weighted by atomic mass is 16.3. The quantitative estimate of drug-likeness (QED) is 0.496. The van der Waals surface area contributed by atoms with Crippen LogP contribution in [0.4, 0.5) is 0 Å². The normalized spacial score (nSPS) is 22.6. The fraction of sp³-hybridized carbons (Fsp3) is 0.467. The van der Waals surface area contributed by atoms with Gasteiger partial charge in [-0.1, -0.05) is 32.9 Å². The van der Waals surface area contributed by atoms with Gasteiger partial charge in [0.1, 0.15) is 11.8 Å². The molecule has 1 aliphatic heterocycles. The maximum absolute atomic E-state index is 12.0. The van der Waals surface area contributed by atoms with E-state index < -0.39 is 0 Å². The van der Waals surface area contributed by atoms with Gasteiger partial charge in [0.2, 0.25) is 0 Å². The molecule has 1 saturated heterocycles. The van der Waals surface area contributed by atoms with Gasteiger partial charge < -0.3 is 5.11 Å². The summed E-state index contributed by atoms with van der Waals surface area (Å²) in [5, 5.41) is 13.5. The predicted molar refractivity (Wildman–Crippen MR) is 81.8 cm³/mol. The number of benzene rings is 1. The predicted octanol–water partition coefficient (Wildman–Crippen LogP) is 1.12. The molecule has 2 rings (SSSR count). The zero-order valence-electron chi connectivity index (χ0n) is 12.6. The topological polar surface area (TPSA) is 85.8 Å². The van der Waals surface area contributed by atoms with Crippen LogP contribution in [0.2, 0.25) is 0 Å². The van der Waals surface area contributed by atoms with E-state index in [0.29, 0.717) is 12.0 Å². The third kappa shape index (κ3) is 4.03. The summed E-state index contributed by atoms with van der Waals surface area (Å²) in [6.45, 7) is 6.38. The maximum atomic E-state index is 12.0. The van der Waals surface area contributed by atoms with E-state index in [-0.39, 0.29) is 29.2 Å². The SMILES string of the molecule is CC(C)(C)C1CC(C(=O)N/N=C/c2ccccc2O)NN1. The Hall–Kier alpha value is -1.92. The summed E-state index contributed by atoms with van der Waals surface area (Å²) in [7, 11) is 0. The number of amides is 1. The Balaban J connectivity index is 1.87. The molecule has 0 aliphatic carbocycles. The lowest BCUT2D eigenvalue weighted by molar-refractivity contribution is -0.122. The maximum Gasteiger partial charge on any atom is 0.258 e. The van der Waals surface area contributed by atoms with E-state index in [9.17, 15) is 9.90 Å². The molecule has 1 heterocycles. The summed E-state index contributed by atoms with van der Waals surface area (Å²) in [6.07, 6.45) is 2.14. The van der Waals surface area contributed by atoms with Crippen molar-refractivity contribution in [2.75, 3.05) is 0 Å². The molecule has 2 unspecified atom stereocenters. The molecule has 0 radical (unpaired) electrons. The molecule has 1 fully saturated rings. The van der Waals surface area contributed by atoms with Crippen molar-refractivity contribution in [3.8, 4) is 5.75 Å². The van der Waals surface area contributed by atoms with Crippen molar-refractivity contribution in [3.63, 3.8) is 0 Å². The third-order valence-corrected chi connectivity index (χ3v) is 3.58. The monoisotopic (exact) mass is 290 g/mol. The smallest absolute Gasteiger partial charge is 0.258 e. The number of carbonyl (C=O) groups is 1. The molecule has 2 atom stereocenters. The Kier molecular flexibility index (Phi) is 4.59. The minimum absolute atomic E-state index is 0.0845. The minimum Gasteiger partial charge on any atom is -0.507 e. The number of hydrazone groups is 1. The molecule has 1 aliphatic rings. The second-order valence-electron chi connectivity index (χ2n) is 6.29. The first kappa shape index (κ1) is 15.5. The van der Waals surface area contributed by atoms with E-state index in [2.05, 4.69) is 42.1 Å². The summed E-state index contributed by atoms with van der Waals surface area (Å²) in [5.41, 5.74) is 9.26. The van der Waals surface area contributed by atoms with Gasteiger partial charge >= 0.3 is 0 Å². The van der Waals surface area contributed by atoms with E-state index in [1.54, 1.807) is 24.3 Å². The Bertz CT molecular complexity index is 537. The number of phenols is 1. The van der Waals surface area contributed by atoms with Crippen molar-refractivity contribution in [1.82, 2.24) is 16.3 Å². The van der Waals surface area contributed by atoms with Crippen LogP contribution in [-0.2, 0) is 4.79 Å². The second-order valence-corrected chi connectivity index (χ2v) is 6.29. The van der Waals surface area contributed by atoms with Crippen LogP contribution >= 0.6 is 0 Å². The zero-order chi connectivity index (χ0) is 15.5. The fourth-order valence-electron chi connectivity index (χ4n) is 2.14. The number of aromatic hydroxyl groups is 1. The van der Waals surface area contributed by atoms with Crippen LogP contribution in [0.3, 0.4) is 0 Å². The highest BCUT2D eigenvalue weighted by molar-refractivity contribution is 5.86. The van der Waals surface area contributed by atoms with E-state index in [0.717, 1.165) is 0 Å². The molecule has 21 heavy (non-hydrogen) atoms. The number of para-hydroxylation sites is 1. The number of hydrogen-bond donors (Lipinski definition) is 4. The second kappa shape index (κ2) is 6.24. The van der Waals surface area contributed by atoms with Crippen LogP contribution < -0.4 is 16.3 Å². The Morgan fingerprint density at radius 1 is 1.38 bits per heavy atom. The lowest BCUT2D eigenvalue weighted by Gasteiger charge is -2.25. The number of hydrazine groups is 1. The number of carbonyl (C=O) groups excluding carboxylic acids is 1. The van der Waals surface area contributed by atoms with Gasteiger partial charge in [-0.25, -0.2) is 10.9 Å². The molecule has 6 heteroatoms. The van der Waals surface area contributed by atoms with Crippen molar-refractivity contribution >= 4 is 12.1 Å². The molecule has 0 spiro atoms. The molecule has 1 aromatic carbocycles. The lowest BCUT2D eigenvalue weighted by atomic mass is 9.84. The molecular formula is C15H22N4O2. The Labute approximate surface area is 124 Å². The van der Waals surface area contributed by atoms with Crippen LogP contribution in [-0.4, -0.2) is 29.3 Å². The summed E-state index contributed by atoms with van der Waals surface area (Å²) >= 11 is 0. The lowest BCUT2D eigenvalue weighted by Crippen LogP contribution is -2.43. The first-order chi connectivity index (χ1) is 9.88. The fourth-order valence-corrected chi connectivity index (χ4v) is 2.14. The number of rotatable bonds is 3. The van der Waals surface area contributed by atoms with Gasteiger partial charge in [-0.3, -0.25) is 10.2 Å². The van der Waals surface area contributed by atoms with Gasteiger partial charge in [-0.15, -0.1) is 0 Å². The number of nitrogens with one attached hydrogen (secondary N) is 3. The average molecular weight is 290 g/mol. The number of nitrogens with zero attached hydrogens (tertiary/aromatic N) is 1. The molecule has 1 aromatic rings. The summed E-state index contributed by atoms with van der Waals surface area (Å²) in [6, 6.07) is 6.73. The van der Waals surface area contributed by atoms with Crippen LogP contribution in [0.25, 0.3) is 0 Å². The molecular weight excluding hydrogens is 268 g/mol. The summed E-state index contributed by atoms with van der Waals surface area (Å²) < 4.78 is 0. The molecule has 0 saturated carbocycles.